The van der Waals surface area contributed by atoms with Crippen LogP contribution in [0, 0.1) is 5.92 Å². The molecule has 0 aromatic carbocycles. The predicted octanol–water partition coefficient (Wildman–Crippen LogP) is 1.83. The number of allylic oxidation sites excluding steroid dienone is 3. The third kappa shape index (κ3) is 0.772. The van der Waals surface area contributed by atoms with E-state index in [9.17, 15) is 0 Å². The lowest BCUT2D eigenvalue weighted by atomic mass is 9.97. The Hall–Kier alpha value is -0.720. The van der Waals surface area contributed by atoms with Gasteiger partial charge in [0.05, 0.1) is 0 Å². The van der Waals surface area contributed by atoms with Crippen LogP contribution in [0.3, 0.4) is 0 Å². The van der Waals surface area contributed by atoms with E-state index < -0.39 is 0 Å². The van der Waals surface area contributed by atoms with Gasteiger partial charge in [-0.05, 0) is 18.4 Å². The first-order chi connectivity index (χ1) is 4.88. The first-order valence-electron chi connectivity index (χ1n) is 4.02. The van der Waals surface area contributed by atoms with Crippen molar-refractivity contribution in [1.82, 2.24) is 5.32 Å². The van der Waals surface area contributed by atoms with Crippen LogP contribution in [0.5, 0.6) is 0 Å². The highest BCUT2D eigenvalue weighted by molar-refractivity contribution is 5.37. The van der Waals surface area contributed by atoms with E-state index in [0.717, 1.165) is 12.5 Å². The van der Waals surface area contributed by atoms with Crippen molar-refractivity contribution in [2.24, 2.45) is 5.92 Å². The van der Waals surface area contributed by atoms with Gasteiger partial charge in [-0.2, -0.15) is 0 Å². The molecular weight excluding hydrogens is 122 g/mol. The summed E-state index contributed by atoms with van der Waals surface area (Å²) in [6, 6.07) is 0. The van der Waals surface area contributed by atoms with Crippen molar-refractivity contribution in [2.75, 3.05) is 6.54 Å². The van der Waals surface area contributed by atoms with Crippen LogP contribution < -0.4 is 5.32 Å². The molecule has 1 nitrogen and oxygen atoms in total. The van der Waals surface area contributed by atoms with Crippen LogP contribution in [0.4, 0.5) is 0 Å². The van der Waals surface area contributed by atoms with Crippen LogP contribution >= 0.6 is 0 Å². The standard InChI is InChI=1S/C9H13N/c1-7-6-10-9-5-3-2-4-8(7)9/h4-5,7,10H,2-3,6H2,1H3. The van der Waals surface area contributed by atoms with E-state index in [1.165, 1.54) is 18.5 Å². The Balaban J connectivity index is 2.31. The van der Waals surface area contributed by atoms with Crippen molar-refractivity contribution in [1.29, 1.82) is 0 Å². The maximum Gasteiger partial charge on any atom is 0.0332 e. The number of hydrogen-bond acceptors (Lipinski definition) is 1. The molecule has 0 spiro atoms. The molecule has 1 aliphatic heterocycles. The van der Waals surface area contributed by atoms with Gasteiger partial charge in [0.15, 0.2) is 0 Å². The lowest BCUT2D eigenvalue weighted by Gasteiger charge is -2.08. The molecule has 0 aromatic rings. The molecule has 0 bridgehead atoms. The molecule has 1 N–H and O–H groups in total. The van der Waals surface area contributed by atoms with Crippen LogP contribution in [-0.2, 0) is 0 Å². The van der Waals surface area contributed by atoms with Crippen molar-refractivity contribution in [3.05, 3.63) is 23.4 Å². The molecule has 1 unspecified atom stereocenters. The van der Waals surface area contributed by atoms with Crippen LogP contribution in [0.1, 0.15) is 19.8 Å². The monoisotopic (exact) mass is 135 g/mol. The van der Waals surface area contributed by atoms with Crippen LogP contribution in [-0.4, -0.2) is 6.54 Å². The minimum atomic E-state index is 0.742. The molecule has 1 fully saturated rings. The lowest BCUT2D eigenvalue weighted by Crippen LogP contribution is -2.06. The van der Waals surface area contributed by atoms with Crippen molar-refractivity contribution < 1.29 is 0 Å². The molecule has 0 saturated carbocycles. The van der Waals surface area contributed by atoms with Crippen molar-refractivity contribution in [3.63, 3.8) is 0 Å². The van der Waals surface area contributed by atoms with Gasteiger partial charge in [0.2, 0.25) is 0 Å². The second-order valence-electron chi connectivity index (χ2n) is 3.14. The number of rotatable bonds is 0. The summed E-state index contributed by atoms with van der Waals surface area (Å²) < 4.78 is 0. The molecule has 10 heavy (non-hydrogen) atoms. The normalized spacial score (nSPS) is 30.3. The molecule has 1 heteroatoms. The fourth-order valence-corrected chi connectivity index (χ4v) is 1.71. The van der Waals surface area contributed by atoms with Crippen LogP contribution in [0.2, 0.25) is 0 Å². The zero-order valence-corrected chi connectivity index (χ0v) is 6.35. The number of hydrogen-bond donors (Lipinski definition) is 1. The van der Waals surface area contributed by atoms with Crippen molar-refractivity contribution in [3.8, 4) is 0 Å². The van der Waals surface area contributed by atoms with Gasteiger partial charge in [0.1, 0.15) is 0 Å². The summed E-state index contributed by atoms with van der Waals surface area (Å²) in [5, 5.41) is 3.40. The van der Waals surface area contributed by atoms with Gasteiger partial charge in [0, 0.05) is 18.2 Å². The molecule has 0 radical (unpaired) electrons. The first kappa shape index (κ1) is 6.02. The predicted molar refractivity (Wildman–Crippen MR) is 42.6 cm³/mol. The fraction of sp³-hybridized carbons (Fsp3) is 0.556. The maximum absolute atomic E-state index is 3.40. The summed E-state index contributed by atoms with van der Waals surface area (Å²) in [5.74, 6) is 0.742. The molecular formula is C9H13N. The molecule has 1 atom stereocenters. The quantitative estimate of drug-likeness (QED) is 0.534. The highest BCUT2D eigenvalue weighted by atomic mass is 14.9. The summed E-state index contributed by atoms with van der Waals surface area (Å²) in [7, 11) is 0. The minimum Gasteiger partial charge on any atom is -0.384 e. The number of fused-ring (bicyclic) bond motifs is 1. The second-order valence-corrected chi connectivity index (χ2v) is 3.14. The topological polar surface area (TPSA) is 12.0 Å². The molecule has 0 amide bonds. The molecule has 2 rings (SSSR count). The van der Waals surface area contributed by atoms with Gasteiger partial charge in [-0.15, -0.1) is 0 Å². The largest absolute Gasteiger partial charge is 0.384 e. The van der Waals surface area contributed by atoms with E-state index in [1.807, 2.05) is 0 Å². The average molecular weight is 135 g/mol. The Morgan fingerprint density at radius 3 is 3.00 bits per heavy atom. The van der Waals surface area contributed by atoms with Gasteiger partial charge in [-0.1, -0.05) is 19.1 Å². The summed E-state index contributed by atoms with van der Waals surface area (Å²) in [5.41, 5.74) is 2.95. The Kier molecular flexibility index (Phi) is 1.30. The van der Waals surface area contributed by atoms with Gasteiger partial charge < -0.3 is 5.32 Å². The van der Waals surface area contributed by atoms with E-state index in [1.54, 1.807) is 5.57 Å². The summed E-state index contributed by atoms with van der Waals surface area (Å²) in [4.78, 5) is 0. The molecule has 1 saturated heterocycles. The van der Waals surface area contributed by atoms with E-state index in [0.29, 0.717) is 0 Å². The van der Waals surface area contributed by atoms with Gasteiger partial charge in [-0.3, -0.25) is 0 Å². The smallest absolute Gasteiger partial charge is 0.0332 e. The summed E-state index contributed by atoms with van der Waals surface area (Å²) in [6.45, 7) is 3.42. The zero-order chi connectivity index (χ0) is 6.97. The van der Waals surface area contributed by atoms with Crippen molar-refractivity contribution >= 4 is 0 Å². The van der Waals surface area contributed by atoms with Crippen LogP contribution in [0.25, 0.3) is 0 Å². The highest BCUT2D eigenvalue weighted by Gasteiger charge is 2.21. The maximum atomic E-state index is 3.40. The van der Waals surface area contributed by atoms with Crippen molar-refractivity contribution in [2.45, 2.75) is 19.8 Å². The zero-order valence-electron chi connectivity index (χ0n) is 6.35. The third-order valence-corrected chi connectivity index (χ3v) is 2.32. The van der Waals surface area contributed by atoms with E-state index in [-0.39, 0.29) is 0 Å². The molecule has 54 valence electrons. The fourth-order valence-electron chi connectivity index (χ4n) is 1.71. The lowest BCUT2D eigenvalue weighted by molar-refractivity contribution is 0.723. The third-order valence-electron chi connectivity index (χ3n) is 2.32. The summed E-state index contributed by atoms with van der Waals surface area (Å²) in [6.07, 6.45) is 7.16. The van der Waals surface area contributed by atoms with Gasteiger partial charge in [0.25, 0.3) is 0 Å². The van der Waals surface area contributed by atoms with Gasteiger partial charge >= 0.3 is 0 Å². The molecule has 0 aromatic heterocycles. The molecule has 1 heterocycles. The average Bonchev–Trinajstić information content (AvgIpc) is 2.34. The Labute approximate surface area is 61.8 Å². The van der Waals surface area contributed by atoms with E-state index in [4.69, 9.17) is 0 Å². The Bertz CT molecular complexity index is 201. The second kappa shape index (κ2) is 2.15. The molecule has 1 aliphatic carbocycles. The SMILES string of the molecule is CC1CNC2=CCCC=C21. The molecule has 2 aliphatic rings. The number of nitrogens with one attached hydrogen (secondary N) is 1. The van der Waals surface area contributed by atoms with E-state index in [2.05, 4.69) is 24.4 Å². The van der Waals surface area contributed by atoms with Crippen LogP contribution in [0.15, 0.2) is 23.4 Å². The first-order valence-corrected chi connectivity index (χ1v) is 4.02. The van der Waals surface area contributed by atoms with Gasteiger partial charge in [-0.25, -0.2) is 0 Å². The summed E-state index contributed by atoms with van der Waals surface area (Å²) >= 11 is 0. The Morgan fingerprint density at radius 2 is 2.20 bits per heavy atom. The highest BCUT2D eigenvalue weighted by Crippen LogP contribution is 2.28. The minimum absolute atomic E-state index is 0.742. The Morgan fingerprint density at radius 1 is 1.40 bits per heavy atom. The van der Waals surface area contributed by atoms with E-state index >= 15 is 0 Å².